The van der Waals surface area contributed by atoms with Gasteiger partial charge in [0.2, 0.25) is 0 Å². The third kappa shape index (κ3) is 3.45. The fourth-order valence-electron chi connectivity index (χ4n) is 2.84. The fraction of sp³-hybridized carbons (Fsp3) is 0.0500. The molecule has 0 saturated heterocycles. The van der Waals surface area contributed by atoms with Crippen LogP contribution in [0.2, 0.25) is 0 Å². The monoisotopic (exact) mass is 376 g/mol. The van der Waals surface area contributed by atoms with Crippen LogP contribution < -0.4 is 11.0 Å². The summed E-state index contributed by atoms with van der Waals surface area (Å²) in [6.45, 7) is 1.84. The molecule has 2 heterocycles. The number of carbonyl (C=O) groups excluding carboxylic acids is 1. The number of imidazole rings is 1. The van der Waals surface area contributed by atoms with E-state index in [0.717, 1.165) is 16.3 Å². The summed E-state index contributed by atoms with van der Waals surface area (Å²) >= 11 is 1.55. The molecule has 0 radical (unpaired) electrons. The van der Waals surface area contributed by atoms with Crippen LogP contribution in [0.5, 0.6) is 0 Å². The van der Waals surface area contributed by atoms with E-state index in [-0.39, 0.29) is 11.6 Å². The van der Waals surface area contributed by atoms with Crippen molar-refractivity contribution < 1.29 is 4.79 Å². The zero-order chi connectivity index (χ0) is 18.8. The maximum Gasteiger partial charge on any atom is 0.330 e. The van der Waals surface area contributed by atoms with E-state index in [9.17, 15) is 9.59 Å². The molecule has 4 rings (SSSR count). The fourth-order valence-corrected chi connectivity index (χ4v) is 3.47. The summed E-state index contributed by atoms with van der Waals surface area (Å²) in [5, 5.41) is 5.72. The molecule has 0 bridgehead atoms. The van der Waals surface area contributed by atoms with Gasteiger partial charge in [-0.2, -0.15) is 0 Å². The van der Waals surface area contributed by atoms with Gasteiger partial charge in [-0.15, -0.1) is 11.3 Å². The zero-order valence-corrected chi connectivity index (χ0v) is 15.3. The molecule has 6 nitrogen and oxygen atoms in total. The lowest BCUT2D eigenvalue weighted by Gasteiger charge is -2.08. The largest absolute Gasteiger partial charge is 0.330 e. The van der Waals surface area contributed by atoms with Gasteiger partial charge in [0, 0.05) is 40.3 Å². The first-order chi connectivity index (χ1) is 13.1. The molecular formula is C20H16N4O2S. The lowest BCUT2D eigenvalue weighted by molar-refractivity contribution is 0.102. The quantitative estimate of drug-likeness (QED) is 0.568. The molecule has 0 aliphatic carbocycles. The number of aromatic nitrogens is 3. The average Bonchev–Trinajstić information content (AvgIpc) is 3.32. The number of amides is 1. The predicted octanol–water partition coefficient (Wildman–Crippen LogP) is 3.85. The average molecular weight is 376 g/mol. The Morgan fingerprint density at radius 1 is 1.19 bits per heavy atom. The van der Waals surface area contributed by atoms with Crippen LogP contribution in [0.3, 0.4) is 0 Å². The summed E-state index contributed by atoms with van der Waals surface area (Å²) in [6.07, 6.45) is 3.41. The number of aromatic amines is 1. The Labute approximate surface area is 159 Å². The first-order valence-corrected chi connectivity index (χ1v) is 9.18. The molecule has 0 spiro atoms. The Hall–Kier alpha value is -3.45. The number of hydrogen-bond donors (Lipinski definition) is 2. The Morgan fingerprint density at radius 3 is 2.67 bits per heavy atom. The molecule has 2 aromatic carbocycles. The first-order valence-electron chi connectivity index (χ1n) is 8.30. The summed E-state index contributed by atoms with van der Waals surface area (Å²) in [5.41, 5.74) is 3.48. The van der Waals surface area contributed by atoms with Crippen LogP contribution in [0.25, 0.3) is 16.3 Å². The number of hydrogen-bond acceptors (Lipinski definition) is 4. The molecule has 7 heteroatoms. The van der Waals surface area contributed by atoms with E-state index in [2.05, 4.69) is 15.3 Å². The van der Waals surface area contributed by atoms with Gasteiger partial charge in [-0.05, 0) is 43.3 Å². The van der Waals surface area contributed by atoms with Gasteiger partial charge >= 0.3 is 5.69 Å². The van der Waals surface area contributed by atoms with Crippen LogP contribution in [0.4, 0.5) is 5.69 Å². The molecule has 2 N–H and O–H groups in total. The molecule has 0 atom stereocenters. The molecule has 0 fully saturated rings. The van der Waals surface area contributed by atoms with Crippen LogP contribution >= 0.6 is 11.3 Å². The van der Waals surface area contributed by atoms with E-state index in [1.165, 1.54) is 0 Å². The minimum Gasteiger partial charge on any atom is -0.322 e. The normalized spacial score (nSPS) is 10.7. The highest BCUT2D eigenvalue weighted by Crippen LogP contribution is 2.24. The van der Waals surface area contributed by atoms with Gasteiger partial charge in [-0.3, -0.25) is 9.36 Å². The molecule has 2 aromatic heterocycles. The highest BCUT2D eigenvalue weighted by atomic mass is 32.1. The Morgan fingerprint density at radius 2 is 2.00 bits per heavy atom. The second-order valence-corrected chi connectivity index (χ2v) is 6.88. The summed E-state index contributed by atoms with van der Waals surface area (Å²) in [5.74, 6) is -0.212. The highest BCUT2D eigenvalue weighted by molar-refractivity contribution is 7.13. The third-order valence-corrected chi connectivity index (χ3v) is 4.97. The highest BCUT2D eigenvalue weighted by Gasteiger charge is 2.10. The van der Waals surface area contributed by atoms with Crippen LogP contribution in [-0.2, 0) is 0 Å². The number of rotatable bonds is 4. The molecule has 1 amide bonds. The molecule has 0 saturated carbocycles. The molecule has 27 heavy (non-hydrogen) atoms. The summed E-state index contributed by atoms with van der Waals surface area (Å²) in [4.78, 5) is 31.3. The maximum atomic E-state index is 12.5. The standard InChI is InChI=1S/C20H16N4O2S/c1-13-12-22-20(26)24(13)17-7-5-14(6-8-17)18(25)23-16-4-2-3-15(11-16)19-21-9-10-27-19/h2-12H,1H3,(H,22,26)(H,23,25). The SMILES string of the molecule is Cc1c[nH]c(=O)n1-c1ccc(C(=O)Nc2cccc(-c3nccs3)c2)cc1. The number of carbonyl (C=O) groups is 1. The van der Waals surface area contributed by atoms with Crippen molar-refractivity contribution in [1.82, 2.24) is 14.5 Å². The summed E-state index contributed by atoms with van der Waals surface area (Å²) in [7, 11) is 0. The third-order valence-electron chi connectivity index (χ3n) is 4.15. The Kier molecular flexibility index (Phi) is 4.43. The second-order valence-electron chi connectivity index (χ2n) is 5.99. The number of anilines is 1. The first kappa shape index (κ1) is 17.0. The number of nitrogens with zero attached hydrogens (tertiary/aromatic N) is 2. The Balaban J connectivity index is 1.54. The van der Waals surface area contributed by atoms with Crippen molar-refractivity contribution >= 4 is 22.9 Å². The Bertz CT molecular complexity index is 1140. The summed E-state index contributed by atoms with van der Waals surface area (Å²) < 4.78 is 1.55. The van der Waals surface area contributed by atoms with Gasteiger partial charge in [0.25, 0.3) is 5.91 Å². The van der Waals surface area contributed by atoms with Gasteiger partial charge in [0.05, 0.1) is 5.69 Å². The molecule has 0 aliphatic heterocycles. The lowest BCUT2D eigenvalue weighted by Crippen LogP contribution is -2.16. The van der Waals surface area contributed by atoms with Crippen LogP contribution in [0, 0.1) is 6.92 Å². The molecule has 0 unspecified atom stereocenters. The van der Waals surface area contributed by atoms with Crippen LogP contribution in [0.15, 0.2) is 71.1 Å². The van der Waals surface area contributed by atoms with E-state index in [0.29, 0.717) is 16.9 Å². The van der Waals surface area contributed by atoms with Crippen molar-refractivity contribution in [3.05, 3.63) is 88.0 Å². The van der Waals surface area contributed by atoms with Gasteiger partial charge in [0.15, 0.2) is 0 Å². The van der Waals surface area contributed by atoms with Crippen molar-refractivity contribution in [3.8, 4) is 16.3 Å². The lowest BCUT2D eigenvalue weighted by atomic mass is 10.1. The molecule has 4 aromatic rings. The zero-order valence-electron chi connectivity index (χ0n) is 14.5. The predicted molar refractivity (Wildman–Crippen MR) is 107 cm³/mol. The van der Waals surface area contributed by atoms with Gasteiger partial charge in [-0.25, -0.2) is 9.78 Å². The molecule has 134 valence electrons. The number of benzene rings is 2. The molecule has 0 aliphatic rings. The van der Waals surface area contributed by atoms with E-state index in [4.69, 9.17) is 0 Å². The van der Waals surface area contributed by atoms with Gasteiger partial charge in [-0.1, -0.05) is 12.1 Å². The number of aryl methyl sites for hydroxylation is 1. The number of nitrogens with one attached hydrogen (secondary N) is 2. The second kappa shape index (κ2) is 7.05. The van der Waals surface area contributed by atoms with E-state index < -0.39 is 0 Å². The van der Waals surface area contributed by atoms with Crippen LogP contribution in [-0.4, -0.2) is 20.4 Å². The minimum atomic E-state index is -0.212. The van der Waals surface area contributed by atoms with Crippen LogP contribution in [0.1, 0.15) is 16.1 Å². The van der Waals surface area contributed by atoms with Gasteiger partial charge < -0.3 is 10.3 Å². The van der Waals surface area contributed by atoms with Gasteiger partial charge in [0.1, 0.15) is 5.01 Å². The minimum absolute atomic E-state index is 0.205. The van der Waals surface area contributed by atoms with E-state index in [1.54, 1.807) is 52.6 Å². The van der Waals surface area contributed by atoms with E-state index in [1.807, 2.05) is 36.6 Å². The maximum absolute atomic E-state index is 12.5. The summed E-state index contributed by atoms with van der Waals surface area (Å²) in [6, 6.07) is 14.5. The number of thiazole rings is 1. The number of H-pyrrole nitrogens is 1. The van der Waals surface area contributed by atoms with E-state index >= 15 is 0 Å². The van der Waals surface area contributed by atoms with Crippen molar-refractivity contribution in [2.45, 2.75) is 6.92 Å². The van der Waals surface area contributed by atoms with Crippen molar-refractivity contribution in [1.29, 1.82) is 0 Å². The van der Waals surface area contributed by atoms with Crippen molar-refractivity contribution in [2.75, 3.05) is 5.32 Å². The van der Waals surface area contributed by atoms with Crippen molar-refractivity contribution in [2.24, 2.45) is 0 Å². The smallest absolute Gasteiger partial charge is 0.322 e. The molecular weight excluding hydrogens is 360 g/mol. The van der Waals surface area contributed by atoms with Crippen molar-refractivity contribution in [3.63, 3.8) is 0 Å². The topological polar surface area (TPSA) is 79.8 Å².